The molecule has 0 bridgehead atoms. The van der Waals surface area contributed by atoms with E-state index in [9.17, 15) is 9.59 Å². The molecule has 6 heteroatoms. The fraction of sp³-hybridized carbons (Fsp3) is 0.143. The van der Waals surface area contributed by atoms with Gasteiger partial charge in [0.15, 0.2) is 0 Å². The predicted molar refractivity (Wildman–Crippen MR) is 79.9 cm³/mol. The summed E-state index contributed by atoms with van der Waals surface area (Å²) in [5.41, 5.74) is 0.574. The van der Waals surface area contributed by atoms with Crippen LogP contribution in [0, 0.1) is 0 Å². The summed E-state index contributed by atoms with van der Waals surface area (Å²) in [7, 11) is 0. The number of nitrogens with one attached hydrogen (secondary N) is 1. The van der Waals surface area contributed by atoms with Gasteiger partial charge in [-0.25, -0.2) is 4.79 Å². The maximum Gasteiger partial charge on any atom is 0.326 e. The topological polar surface area (TPSA) is 66.4 Å². The van der Waals surface area contributed by atoms with E-state index >= 15 is 0 Å². The molecule has 2 N–H and O–H groups in total. The number of aliphatic carboxylic acids is 1. The van der Waals surface area contributed by atoms with E-state index in [4.69, 9.17) is 28.3 Å². The highest BCUT2D eigenvalue weighted by Gasteiger charge is 2.16. The Labute approximate surface area is 126 Å². The zero-order chi connectivity index (χ0) is 15.1. The molecule has 0 aliphatic carbocycles. The van der Waals surface area contributed by atoms with E-state index in [2.05, 4.69) is 11.9 Å². The average molecular weight is 314 g/mol. The van der Waals surface area contributed by atoms with Gasteiger partial charge in [-0.3, -0.25) is 4.79 Å². The van der Waals surface area contributed by atoms with Gasteiger partial charge >= 0.3 is 5.97 Å². The van der Waals surface area contributed by atoms with E-state index in [1.807, 2.05) is 0 Å². The van der Waals surface area contributed by atoms with Crippen molar-refractivity contribution < 1.29 is 14.7 Å². The first-order valence-electron chi connectivity index (χ1n) is 5.71. The van der Waals surface area contributed by atoms with Crippen molar-refractivity contribution in [3.8, 4) is 0 Å². The third kappa shape index (κ3) is 5.07. The Morgan fingerprint density at radius 1 is 1.40 bits per heavy atom. The second-order valence-electron chi connectivity index (χ2n) is 3.92. The number of amides is 1. The zero-order valence-corrected chi connectivity index (χ0v) is 12.0. The smallest absolute Gasteiger partial charge is 0.326 e. The molecular formula is C14H13Cl2NO3. The fourth-order valence-electron chi connectivity index (χ4n) is 1.42. The van der Waals surface area contributed by atoms with Crippen LogP contribution >= 0.6 is 23.2 Å². The third-order valence-electron chi connectivity index (χ3n) is 2.39. The van der Waals surface area contributed by atoms with Crippen molar-refractivity contribution in [1.29, 1.82) is 0 Å². The molecule has 0 heterocycles. The molecule has 20 heavy (non-hydrogen) atoms. The molecule has 0 fully saturated rings. The number of carboxylic acids is 1. The molecule has 1 atom stereocenters. The number of rotatable bonds is 6. The standard InChI is InChI=1S/C14H13Cl2NO3/c1-2-3-12(14(19)20)17-13(18)7-4-9-8-10(15)5-6-11(9)16/h2,4-8,12H,1,3H2,(H,17,18)(H,19,20)/b7-4+. The molecule has 0 aliphatic rings. The van der Waals surface area contributed by atoms with Crippen molar-refractivity contribution in [2.45, 2.75) is 12.5 Å². The predicted octanol–water partition coefficient (Wildman–Crippen LogP) is 3.15. The Kier molecular flexibility index (Phi) is 6.28. The summed E-state index contributed by atoms with van der Waals surface area (Å²) >= 11 is 11.8. The molecule has 0 saturated carbocycles. The monoisotopic (exact) mass is 313 g/mol. The summed E-state index contributed by atoms with van der Waals surface area (Å²) in [6.45, 7) is 3.44. The van der Waals surface area contributed by atoms with Gasteiger partial charge in [0.2, 0.25) is 5.91 Å². The minimum absolute atomic E-state index is 0.146. The van der Waals surface area contributed by atoms with Gasteiger partial charge in [0.05, 0.1) is 0 Å². The highest BCUT2D eigenvalue weighted by Crippen LogP contribution is 2.21. The number of benzene rings is 1. The van der Waals surface area contributed by atoms with E-state index < -0.39 is 17.9 Å². The summed E-state index contributed by atoms with van der Waals surface area (Å²) in [5.74, 6) is -1.65. The molecule has 0 saturated heterocycles. The second-order valence-corrected chi connectivity index (χ2v) is 4.77. The van der Waals surface area contributed by atoms with Crippen LogP contribution in [0.1, 0.15) is 12.0 Å². The molecule has 0 aromatic heterocycles. The lowest BCUT2D eigenvalue weighted by Gasteiger charge is -2.10. The van der Waals surface area contributed by atoms with E-state index in [0.717, 1.165) is 0 Å². The van der Waals surface area contributed by atoms with Crippen LogP contribution in [0.2, 0.25) is 10.0 Å². The maximum absolute atomic E-state index is 11.6. The first-order chi connectivity index (χ1) is 9.43. The van der Waals surface area contributed by atoms with Crippen molar-refractivity contribution in [3.05, 3.63) is 52.5 Å². The van der Waals surface area contributed by atoms with Crippen molar-refractivity contribution >= 4 is 41.2 Å². The number of carbonyl (C=O) groups is 2. The molecule has 0 spiro atoms. The Hall–Kier alpha value is -1.78. The fourth-order valence-corrected chi connectivity index (χ4v) is 1.78. The van der Waals surface area contributed by atoms with E-state index in [-0.39, 0.29) is 6.42 Å². The number of hydrogen-bond donors (Lipinski definition) is 2. The van der Waals surface area contributed by atoms with Crippen molar-refractivity contribution in [1.82, 2.24) is 5.32 Å². The first kappa shape index (κ1) is 16.3. The summed E-state index contributed by atoms with van der Waals surface area (Å²) < 4.78 is 0. The molecule has 1 rings (SSSR count). The summed E-state index contributed by atoms with van der Waals surface area (Å²) in [6.07, 6.45) is 4.25. The largest absolute Gasteiger partial charge is 0.480 e. The van der Waals surface area contributed by atoms with Gasteiger partial charge in [0.25, 0.3) is 0 Å². The van der Waals surface area contributed by atoms with Crippen LogP contribution in [0.15, 0.2) is 36.9 Å². The van der Waals surface area contributed by atoms with Gasteiger partial charge < -0.3 is 10.4 Å². The third-order valence-corrected chi connectivity index (χ3v) is 2.97. The van der Waals surface area contributed by atoms with E-state index in [0.29, 0.717) is 15.6 Å². The van der Waals surface area contributed by atoms with Gasteiger partial charge in [-0.05, 0) is 36.3 Å². The van der Waals surface area contributed by atoms with E-state index in [1.54, 1.807) is 18.2 Å². The van der Waals surface area contributed by atoms with Gasteiger partial charge in [0.1, 0.15) is 6.04 Å². The lowest BCUT2D eigenvalue weighted by atomic mass is 10.2. The molecule has 0 aliphatic heterocycles. The van der Waals surface area contributed by atoms with Crippen LogP contribution in [0.4, 0.5) is 0 Å². The van der Waals surface area contributed by atoms with Gasteiger partial charge in [-0.15, -0.1) is 6.58 Å². The number of hydrogen-bond acceptors (Lipinski definition) is 2. The summed E-state index contributed by atoms with van der Waals surface area (Å²) in [4.78, 5) is 22.5. The van der Waals surface area contributed by atoms with Gasteiger partial charge in [0, 0.05) is 16.1 Å². The zero-order valence-electron chi connectivity index (χ0n) is 10.5. The van der Waals surface area contributed by atoms with Crippen molar-refractivity contribution in [2.24, 2.45) is 0 Å². The minimum atomic E-state index is -1.12. The first-order valence-corrected chi connectivity index (χ1v) is 6.47. The van der Waals surface area contributed by atoms with Crippen molar-refractivity contribution in [2.75, 3.05) is 0 Å². The normalized spacial score (nSPS) is 12.1. The maximum atomic E-state index is 11.6. The Morgan fingerprint density at radius 2 is 2.10 bits per heavy atom. The van der Waals surface area contributed by atoms with Crippen LogP contribution in [0.25, 0.3) is 6.08 Å². The molecule has 4 nitrogen and oxygen atoms in total. The van der Waals surface area contributed by atoms with Gasteiger partial charge in [-0.1, -0.05) is 29.3 Å². The average Bonchev–Trinajstić information content (AvgIpc) is 2.39. The van der Waals surface area contributed by atoms with Crippen LogP contribution in [0.5, 0.6) is 0 Å². The number of carboxylic acid groups (broad SMARTS) is 1. The molecule has 106 valence electrons. The Bertz CT molecular complexity index is 555. The van der Waals surface area contributed by atoms with Crippen LogP contribution in [0.3, 0.4) is 0 Å². The molecule has 1 amide bonds. The van der Waals surface area contributed by atoms with E-state index in [1.165, 1.54) is 18.2 Å². The summed E-state index contributed by atoms with van der Waals surface area (Å²) in [5, 5.41) is 12.2. The van der Waals surface area contributed by atoms with Crippen molar-refractivity contribution in [3.63, 3.8) is 0 Å². The molecular weight excluding hydrogens is 301 g/mol. The number of halogens is 2. The SMILES string of the molecule is C=CCC(NC(=O)/C=C/c1cc(Cl)ccc1Cl)C(=O)O. The van der Waals surface area contributed by atoms with Gasteiger partial charge in [-0.2, -0.15) is 0 Å². The lowest BCUT2D eigenvalue weighted by Crippen LogP contribution is -2.39. The molecule has 1 unspecified atom stereocenters. The van der Waals surface area contributed by atoms with Crippen LogP contribution < -0.4 is 5.32 Å². The van der Waals surface area contributed by atoms with Crippen LogP contribution in [-0.2, 0) is 9.59 Å². The minimum Gasteiger partial charge on any atom is -0.480 e. The summed E-state index contributed by atoms with van der Waals surface area (Å²) in [6, 6.07) is 3.84. The van der Waals surface area contributed by atoms with Crippen LogP contribution in [-0.4, -0.2) is 23.0 Å². The molecule has 1 aromatic carbocycles. The molecule has 0 radical (unpaired) electrons. The molecule has 1 aromatic rings. The highest BCUT2D eigenvalue weighted by molar-refractivity contribution is 6.34. The highest BCUT2D eigenvalue weighted by atomic mass is 35.5. The Balaban J connectivity index is 2.74. The quantitative estimate of drug-likeness (QED) is 0.626. The second kappa shape index (κ2) is 7.72. The number of carbonyl (C=O) groups excluding carboxylic acids is 1. The Morgan fingerprint density at radius 3 is 2.70 bits per heavy atom. The lowest BCUT2D eigenvalue weighted by molar-refractivity contribution is -0.141.